The minimum Gasteiger partial charge on any atom is -0.397 e. The molecule has 1 aliphatic carbocycles. The second-order valence-electron chi connectivity index (χ2n) is 10.1. The third kappa shape index (κ3) is 4.96. The van der Waals surface area contributed by atoms with Crippen LogP contribution in [0.2, 0.25) is 0 Å². The Balaban J connectivity index is 1.15. The van der Waals surface area contributed by atoms with Crippen molar-refractivity contribution in [3.05, 3.63) is 81.9 Å². The Morgan fingerprint density at radius 1 is 1.16 bits per heavy atom. The fourth-order valence-electron chi connectivity index (χ4n) is 5.09. The van der Waals surface area contributed by atoms with Crippen molar-refractivity contribution in [2.45, 2.75) is 55.6 Å². The molecule has 196 valence electrons. The molecule has 1 amide bonds. The SMILES string of the molecule is Nc1ccccc1-n1c(SC2CCC2)nc2c(c1=O)CN(C(=O)CCNCc1cc3ccccc3[nH]1)CC2. The second kappa shape index (κ2) is 10.7. The minimum atomic E-state index is -0.121. The summed E-state index contributed by atoms with van der Waals surface area (Å²) in [5.41, 5.74) is 11.0. The summed E-state index contributed by atoms with van der Waals surface area (Å²) in [5.74, 6) is 0.0397. The molecule has 1 saturated carbocycles. The van der Waals surface area contributed by atoms with Gasteiger partial charge in [-0.2, -0.15) is 0 Å². The molecule has 6 rings (SSSR count). The number of anilines is 1. The molecule has 0 unspecified atom stereocenters. The number of nitrogens with two attached hydrogens (primary N) is 1. The number of rotatable bonds is 8. The number of carbonyl (C=O) groups is 1. The molecule has 2 aromatic heterocycles. The van der Waals surface area contributed by atoms with Gasteiger partial charge in [0, 0.05) is 48.9 Å². The van der Waals surface area contributed by atoms with Crippen LogP contribution in [0.25, 0.3) is 16.6 Å². The number of H-pyrrole nitrogens is 1. The van der Waals surface area contributed by atoms with Crippen molar-refractivity contribution in [1.82, 2.24) is 24.8 Å². The largest absolute Gasteiger partial charge is 0.397 e. The van der Waals surface area contributed by atoms with Crippen molar-refractivity contribution < 1.29 is 4.79 Å². The standard InChI is InChI=1S/C29H32N6O2S/c30-23-9-2-4-11-26(23)35-28(37)22-18-34(15-13-25(22)33-29(35)38-21-7-5-8-21)27(36)12-14-31-17-20-16-19-6-1-3-10-24(19)32-20/h1-4,6,9-11,16,21,31-32H,5,7-8,12-15,17-18,30H2. The van der Waals surface area contributed by atoms with Crippen LogP contribution in [0.1, 0.15) is 42.6 Å². The first-order valence-electron chi connectivity index (χ1n) is 13.3. The highest BCUT2D eigenvalue weighted by Gasteiger charge is 2.29. The predicted molar refractivity (Wildman–Crippen MR) is 151 cm³/mol. The van der Waals surface area contributed by atoms with Gasteiger partial charge >= 0.3 is 0 Å². The summed E-state index contributed by atoms with van der Waals surface area (Å²) in [7, 11) is 0. The van der Waals surface area contributed by atoms with Crippen LogP contribution in [-0.4, -0.2) is 43.7 Å². The molecular formula is C29H32N6O2S. The number of hydrogen-bond acceptors (Lipinski definition) is 6. The Labute approximate surface area is 225 Å². The van der Waals surface area contributed by atoms with E-state index in [2.05, 4.69) is 28.5 Å². The van der Waals surface area contributed by atoms with Gasteiger partial charge in [0.25, 0.3) is 5.56 Å². The van der Waals surface area contributed by atoms with Crippen molar-refractivity contribution in [3.8, 4) is 5.69 Å². The lowest BCUT2D eigenvalue weighted by atomic mass is 10.0. The average Bonchev–Trinajstić information content (AvgIpc) is 3.32. The molecule has 0 saturated heterocycles. The first-order chi connectivity index (χ1) is 18.6. The molecule has 2 aliphatic rings. The quantitative estimate of drug-likeness (QED) is 0.181. The number of nitrogen functional groups attached to an aromatic ring is 1. The van der Waals surface area contributed by atoms with E-state index in [0.29, 0.717) is 59.8 Å². The smallest absolute Gasteiger partial charge is 0.264 e. The van der Waals surface area contributed by atoms with E-state index < -0.39 is 0 Å². The van der Waals surface area contributed by atoms with Crippen LogP contribution in [0, 0.1) is 0 Å². The fraction of sp³-hybridized carbons (Fsp3) is 0.345. The molecular weight excluding hydrogens is 496 g/mol. The van der Waals surface area contributed by atoms with E-state index in [1.54, 1.807) is 27.3 Å². The topological polar surface area (TPSA) is 109 Å². The summed E-state index contributed by atoms with van der Waals surface area (Å²) in [4.78, 5) is 37.0. The van der Waals surface area contributed by atoms with Gasteiger partial charge in [0.15, 0.2) is 5.16 Å². The first kappa shape index (κ1) is 24.8. The highest BCUT2D eigenvalue weighted by atomic mass is 32.2. The van der Waals surface area contributed by atoms with E-state index >= 15 is 0 Å². The maximum absolute atomic E-state index is 13.8. The molecule has 2 aromatic carbocycles. The van der Waals surface area contributed by atoms with Crippen LogP contribution in [0.4, 0.5) is 5.69 Å². The summed E-state index contributed by atoms with van der Waals surface area (Å²) >= 11 is 1.67. The molecule has 4 aromatic rings. The van der Waals surface area contributed by atoms with Gasteiger partial charge in [0.2, 0.25) is 5.91 Å². The van der Waals surface area contributed by atoms with Crippen LogP contribution < -0.4 is 16.6 Å². The zero-order chi connectivity index (χ0) is 26.1. The maximum atomic E-state index is 13.8. The number of para-hydroxylation sites is 3. The molecule has 8 nitrogen and oxygen atoms in total. The van der Waals surface area contributed by atoms with E-state index in [1.165, 1.54) is 11.8 Å². The highest BCUT2D eigenvalue weighted by molar-refractivity contribution is 7.99. The minimum absolute atomic E-state index is 0.0397. The number of benzene rings is 2. The number of nitrogens with zero attached hydrogens (tertiary/aromatic N) is 3. The van der Waals surface area contributed by atoms with E-state index in [1.807, 2.05) is 30.3 Å². The molecule has 0 spiro atoms. The van der Waals surface area contributed by atoms with E-state index in [9.17, 15) is 9.59 Å². The van der Waals surface area contributed by atoms with Gasteiger partial charge in [-0.15, -0.1) is 0 Å². The molecule has 38 heavy (non-hydrogen) atoms. The van der Waals surface area contributed by atoms with Gasteiger partial charge in [-0.25, -0.2) is 4.98 Å². The number of hydrogen-bond donors (Lipinski definition) is 3. The number of aromatic nitrogens is 3. The Hall–Kier alpha value is -3.56. The molecule has 0 atom stereocenters. The monoisotopic (exact) mass is 528 g/mol. The van der Waals surface area contributed by atoms with E-state index in [4.69, 9.17) is 10.7 Å². The number of thioether (sulfide) groups is 1. The molecule has 9 heteroatoms. The Kier molecular flexibility index (Phi) is 6.95. The molecule has 0 radical (unpaired) electrons. The van der Waals surface area contributed by atoms with Gasteiger partial charge < -0.3 is 20.9 Å². The lowest BCUT2D eigenvalue weighted by Gasteiger charge is -2.30. The number of fused-ring (bicyclic) bond motifs is 2. The van der Waals surface area contributed by atoms with Crippen molar-refractivity contribution >= 4 is 34.3 Å². The van der Waals surface area contributed by atoms with Gasteiger partial charge in [-0.05, 0) is 42.5 Å². The summed E-state index contributed by atoms with van der Waals surface area (Å²) in [5, 5.41) is 5.73. The van der Waals surface area contributed by atoms with Crippen molar-refractivity contribution in [1.29, 1.82) is 0 Å². The number of nitrogens with one attached hydrogen (secondary N) is 2. The Bertz CT molecular complexity index is 1510. The highest BCUT2D eigenvalue weighted by Crippen LogP contribution is 2.37. The molecule has 1 fully saturated rings. The Morgan fingerprint density at radius 3 is 2.76 bits per heavy atom. The van der Waals surface area contributed by atoms with Crippen LogP contribution >= 0.6 is 11.8 Å². The van der Waals surface area contributed by atoms with Crippen molar-refractivity contribution in [2.75, 3.05) is 18.8 Å². The normalized spacial score (nSPS) is 15.4. The van der Waals surface area contributed by atoms with Crippen LogP contribution in [0.3, 0.4) is 0 Å². The molecule has 0 bridgehead atoms. The summed E-state index contributed by atoms with van der Waals surface area (Å²) < 4.78 is 1.66. The first-order valence-corrected chi connectivity index (χ1v) is 14.2. The van der Waals surface area contributed by atoms with Gasteiger partial charge in [0.1, 0.15) is 0 Å². The van der Waals surface area contributed by atoms with Crippen molar-refractivity contribution in [3.63, 3.8) is 0 Å². The zero-order valence-corrected chi connectivity index (χ0v) is 22.1. The zero-order valence-electron chi connectivity index (χ0n) is 21.3. The van der Waals surface area contributed by atoms with E-state index in [0.717, 1.165) is 29.7 Å². The van der Waals surface area contributed by atoms with Gasteiger partial charge in [-0.3, -0.25) is 14.2 Å². The maximum Gasteiger partial charge on any atom is 0.264 e. The van der Waals surface area contributed by atoms with Crippen molar-refractivity contribution in [2.24, 2.45) is 0 Å². The fourth-order valence-corrected chi connectivity index (χ4v) is 6.41. The average molecular weight is 529 g/mol. The van der Waals surface area contributed by atoms with E-state index in [-0.39, 0.29) is 18.0 Å². The second-order valence-corrected chi connectivity index (χ2v) is 11.3. The number of amides is 1. The number of aromatic amines is 1. The van der Waals surface area contributed by atoms with Crippen LogP contribution in [0.15, 0.2) is 64.5 Å². The van der Waals surface area contributed by atoms with Crippen LogP contribution in [-0.2, 0) is 24.3 Å². The lowest BCUT2D eigenvalue weighted by Crippen LogP contribution is -2.42. The van der Waals surface area contributed by atoms with Gasteiger partial charge in [0.05, 0.1) is 29.2 Å². The predicted octanol–water partition coefficient (Wildman–Crippen LogP) is 4.01. The molecule has 1 aliphatic heterocycles. The summed E-state index contributed by atoms with van der Waals surface area (Å²) in [6.45, 7) is 2.09. The Morgan fingerprint density at radius 2 is 1.97 bits per heavy atom. The summed E-state index contributed by atoms with van der Waals surface area (Å²) in [6.07, 6.45) is 4.45. The number of carbonyl (C=O) groups excluding carboxylic acids is 1. The third-order valence-electron chi connectivity index (χ3n) is 7.47. The third-order valence-corrected chi connectivity index (χ3v) is 8.76. The molecule has 4 N–H and O–H groups in total. The lowest BCUT2D eigenvalue weighted by molar-refractivity contribution is -0.132. The molecule has 3 heterocycles. The van der Waals surface area contributed by atoms with Crippen LogP contribution in [0.5, 0.6) is 0 Å². The van der Waals surface area contributed by atoms with Gasteiger partial charge in [-0.1, -0.05) is 48.5 Å². The summed E-state index contributed by atoms with van der Waals surface area (Å²) in [6, 6.07) is 17.7.